The van der Waals surface area contributed by atoms with E-state index in [1.54, 1.807) is 24.3 Å². The van der Waals surface area contributed by atoms with E-state index in [1.807, 2.05) is 55.5 Å². The van der Waals surface area contributed by atoms with Crippen molar-refractivity contribution in [2.45, 2.75) is 19.8 Å². The van der Waals surface area contributed by atoms with Crippen molar-refractivity contribution in [1.29, 1.82) is 0 Å². The highest BCUT2D eigenvalue weighted by Gasteiger charge is 2.24. The number of para-hydroxylation sites is 2. The zero-order valence-electron chi connectivity index (χ0n) is 17.4. The molecule has 0 aliphatic rings. The highest BCUT2D eigenvalue weighted by atomic mass is 32.2. The molecule has 31 heavy (non-hydrogen) atoms. The van der Waals surface area contributed by atoms with Gasteiger partial charge in [-0.15, -0.1) is 0 Å². The summed E-state index contributed by atoms with van der Waals surface area (Å²) in [6, 6.07) is 22.6. The highest BCUT2D eigenvalue weighted by molar-refractivity contribution is 7.92. The van der Waals surface area contributed by atoms with Gasteiger partial charge in [0.25, 0.3) is 0 Å². The lowest BCUT2D eigenvalue weighted by Gasteiger charge is -2.21. The molecule has 4 rings (SSSR count). The molecule has 0 saturated heterocycles. The Kier molecular flexibility index (Phi) is 5.61. The molecule has 0 spiro atoms. The van der Waals surface area contributed by atoms with Gasteiger partial charge in [-0.3, -0.25) is 4.79 Å². The molecular formula is C24H23N3O3S. The van der Waals surface area contributed by atoms with Crippen molar-refractivity contribution >= 4 is 54.8 Å². The minimum absolute atomic E-state index is 0.169. The van der Waals surface area contributed by atoms with Gasteiger partial charge in [0.05, 0.1) is 28.7 Å². The zero-order chi connectivity index (χ0) is 22.0. The predicted octanol–water partition coefficient (Wildman–Crippen LogP) is 5.22. The minimum atomic E-state index is -3.71. The Hall–Kier alpha value is -3.45. The fourth-order valence-corrected chi connectivity index (χ4v) is 4.60. The minimum Gasteiger partial charge on any atom is -0.354 e. The summed E-state index contributed by atoms with van der Waals surface area (Å²) in [6.45, 7) is 1.84. The number of aromatic nitrogens is 1. The molecule has 1 heterocycles. The number of nitrogens with one attached hydrogen (secondary N) is 1. The van der Waals surface area contributed by atoms with Crippen LogP contribution in [-0.2, 0) is 14.8 Å². The second kappa shape index (κ2) is 8.35. The third-order valence-electron chi connectivity index (χ3n) is 4.98. The topological polar surface area (TPSA) is 79.4 Å². The van der Waals surface area contributed by atoms with E-state index in [-0.39, 0.29) is 6.42 Å². The largest absolute Gasteiger partial charge is 0.354 e. The smallest absolute Gasteiger partial charge is 0.240 e. The average Bonchev–Trinajstić information content (AvgIpc) is 2.74. The third kappa shape index (κ3) is 4.22. The van der Waals surface area contributed by atoms with Gasteiger partial charge < -0.3 is 5.32 Å². The fourth-order valence-electron chi connectivity index (χ4n) is 3.63. The van der Waals surface area contributed by atoms with E-state index in [4.69, 9.17) is 4.98 Å². The Morgan fingerprint density at radius 1 is 0.903 bits per heavy atom. The Bertz CT molecular complexity index is 1310. The summed E-state index contributed by atoms with van der Waals surface area (Å²) < 4.78 is 25.3. The number of hydrogen-bond donors (Lipinski definition) is 1. The van der Waals surface area contributed by atoms with E-state index in [0.717, 1.165) is 43.7 Å². The lowest BCUT2D eigenvalue weighted by molar-refractivity contribution is -0.117. The number of carbonyl (C=O) groups is 1. The molecule has 4 aromatic rings. The second-order valence-electron chi connectivity index (χ2n) is 7.36. The van der Waals surface area contributed by atoms with Crippen molar-refractivity contribution in [3.05, 3.63) is 72.8 Å². The van der Waals surface area contributed by atoms with E-state index >= 15 is 0 Å². The van der Waals surface area contributed by atoms with Gasteiger partial charge in [0.1, 0.15) is 0 Å². The number of carbonyl (C=O) groups excluding carboxylic acids is 1. The summed E-state index contributed by atoms with van der Waals surface area (Å²) in [5.74, 6) is -0.433. The van der Waals surface area contributed by atoms with E-state index in [9.17, 15) is 13.2 Å². The predicted molar refractivity (Wildman–Crippen MR) is 126 cm³/mol. The van der Waals surface area contributed by atoms with Crippen molar-refractivity contribution in [2.75, 3.05) is 15.9 Å². The fraction of sp³-hybridized carbons (Fsp3) is 0.167. The summed E-state index contributed by atoms with van der Waals surface area (Å²) in [7, 11) is -3.71. The molecule has 0 saturated carbocycles. The normalized spacial score (nSPS) is 11.5. The molecule has 7 heteroatoms. The third-order valence-corrected chi connectivity index (χ3v) is 6.06. The molecule has 0 radical (unpaired) electrons. The number of pyridine rings is 1. The number of sulfonamides is 1. The number of hydrogen-bond acceptors (Lipinski definition) is 5. The van der Waals surface area contributed by atoms with Crippen LogP contribution in [0.5, 0.6) is 0 Å². The number of fused-ring (bicyclic) bond motifs is 2. The Labute approximate surface area is 181 Å². The second-order valence-corrected chi connectivity index (χ2v) is 9.20. The van der Waals surface area contributed by atoms with E-state index < -0.39 is 15.9 Å². The molecule has 0 aliphatic heterocycles. The van der Waals surface area contributed by atoms with Crippen LogP contribution in [-0.4, -0.2) is 25.6 Å². The van der Waals surface area contributed by atoms with Crippen LogP contribution in [0.2, 0.25) is 0 Å². The molecule has 0 atom stereocenters. The van der Waals surface area contributed by atoms with Gasteiger partial charge in [0, 0.05) is 22.9 Å². The van der Waals surface area contributed by atoms with Crippen molar-refractivity contribution in [3.63, 3.8) is 0 Å². The molecule has 158 valence electrons. The van der Waals surface area contributed by atoms with E-state index in [1.165, 1.54) is 0 Å². The van der Waals surface area contributed by atoms with Gasteiger partial charge in [0.15, 0.2) is 0 Å². The van der Waals surface area contributed by atoms with Gasteiger partial charge >= 0.3 is 0 Å². The standard InChI is InChI=1S/C24H23N3O3S/c1-3-8-23(28)27(31(2,29)30)18-15-13-17(14-16-18)25-24-19-9-4-6-11-21(19)26-22-12-7-5-10-20(22)24/h4-7,9-16H,3,8H2,1-2H3,(H,25,26). The number of rotatable bonds is 6. The maximum absolute atomic E-state index is 12.4. The quantitative estimate of drug-likeness (QED) is 0.422. The zero-order valence-corrected chi connectivity index (χ0v) is 18.2. The van der Waals surface area contributed by atoms with Crippen LogP contribution in [0.3, 0.4) is 0 Å². The van der Waals surface area contributed by atoms with Crippen LogP contribution >= 0.6 is 0 Å². The van der Waals surface area contributed by atoms with Crippen LogP contribution in [0.4, 0.5) is 17.1 Å². The highest BCUT2D eigenvalue weighted by Crippen LogP contribution is 2.33. The van der Waals surface area contributed by atoms with Crippen LogP contribution in [0, 0.1) is 0 Å². The number of benzene rings is 3. The van der Waals surface area contributed by atoms with Crippen molar-refractivity contribution in [2.24, 2.45) is 0 Å². The SMILES string of the molecule is CCCC(=O)N(c1ccc(Nc2c3ccccc3nc3ccccc23)cc1)S(C)(=O)=O. The van der Waals surface area contributed by atoms with Crippen molar-refractivity contribution < 1.29 is 13.2 Å². The summed E-state index contributed by atoms with van der Waals surface area (Å²) >= 11 is 0. The first kappa shape index (κ1) is 20.8. The number of nitrogens with zero attached hydrogens (tertiary/aromatic N) is 2. The van der Waals surface area contributed by atoms with Crippen molar-refractivity contribution in [3.8, 4) is 0 Å². The molecule has 0 aliphatic carbocycles. The first-order chi connectivity index (χ1) is 14.9. The molecule has 0 bridgehead atoms. The molecule has 3 aromatic carbocycles. The van der Waals surface area contributed by atoms with Crippen LogP contribution in [0.25, 0.3) is 21.8 Å². The van der Waals surface area contributed by atoms with E-state index in [0.29, 0.717) is 12.1 Å². The Balaban J connectivity index is 1.74. The van der Waals surface area contributed by atoms with Gasteiger partial charge in [-0.25, -0.2) is 17.7 Å². The van der Waals surface area contributed by atoms with Gasteiger partial charge in [0.2, 0.25) is 15.9 Å². The molecule has 0 unspecified atom stereocenters. The summed E-state index contributed by atoms with van der Waals surface area (Å²) in [6.07, 6.45) is 1.79. The Morgan fingerprint density at radius 2 is 1.45 bits per heavy atom. The first-order valence-electron chi connectivity index (χ1n) is 10.1. The summed E-state index contributed by atoms with van der Waals surface area (Å²) in [5.41, 5.74) is 3.80. The van der Waals surface area contributed by atoms with Crippen molar-refractivity contribution in [1.82, 2.24) is 4.98 Å². The van der Waals surface area contributed by atoms with Gasteiger partial charge in [-0.1, -0.05) is 43.3 Å². The molecule has 1 N–H and O–H groups in total. The summed E-state index contributed by atoms with van der Waals surface area (Å²) in [4.78, 5) is 17.1. The van der Waals surface area contributed by atoms with Crippen LogP contribution < -0.4 is 9.62 Å². The summed E-state index contributed by atoms with van der Waals surface area (Å²) in [5, 5.41) is 5.43. The monoisotopic (exact) mass is 433 g/mol. The number of amides is 1. The Morgan fingerprint density at radius 3 is 1.97 bits per heavy atom. The average molecular weight is 434 g/mol. The maximum atomic E-state index is 12.4. The van der Waals surface area contributed by atoms with E-state index in [2.05, 4.69) is 5.32 Å². The maximum Gasteiger partial charge on any atom is 0.240 e. The lowest BCUT2D eigenvalue weighted by atomic mass is 10.1. The number of anilines is 3. The lowest BCUT2D eigenvalue weighted by Crippen LogP contribution is -2.35. The first-order valence-corrected chi connectivity index (χ1v) is 11.9. The molecule has 1 aromatic heterocycles. The van der Waals surface area contributed by atoms with Gasteiger partial charge in [-0.05, 0) is 42.8 Å². The molecule has 0 fully saturated rings. The molecular weight excluding hydrogens is 410 g/mol. The van der Waals surface area contributed by atoms with Gasteiger partial charge in [-0.2, -0.15) is 0 Å². The molecule has 6 nitrogen and oxygen atoms in total. The van der Waals surface area contributed by atoms with Crippen LogP contribution in [0.1, 0.15) is 19.8 Å². The van der Waals surface area contributed by atoms with Crippen LogP contribution in [0.15, 0.2) is 72.8 Å². The molecule has 1 amide bonds.